The molecule has 0 atom stereocenters. The van der Waals surface area contributed by atoms with Gasteiger partial charge in [0.25, 0.3) is 0 Å². The molecule has 112 valence electrons. The highest BCUT2D eigenvalue weighted by Crippen LogP contribution is 2.24. The third-order valence-electron chi connectivity index (χ3n) is 2.74. The number of benzene rings is 1. The van der Waals surface area contributed by atoms with E-state index in [0.29, 0.717) is 36.0 Å². The molecule has 0 saturated carbocycles. The molecule has 4 nitrogen and oxygen atoms in total. The summed E-state index contributed by atoms with van der Waals surface area (Å²) in [5.41, 5.74) is 6.98. The predicted octanol–water partition coefficient (Wildman–Crippen LogP) is 3.70. The lowest BCUT2D eigenvalue weighted by molar-refractivity contribution is -0.117. The van der Waals surface area contributed by atoms with Crippen LogP contribution in [-0.4, -0.2) is 19.1 Å². The van der Waals surface area contributed by atoms with Crippen LogP contribution in [-0.2, 0) is 9.53 Å². The first-order valence-electron chi connectivity index (χ1n) is 6.70. The summed E-state index contributed by atoms with van der Waals surface area (Å²) in [5, 5.41) is 3.18. The number of carbonyl (C=O) groups excluding carboxylic acids is 1. The molecule has 3 N–H and O–H groups in total. The van der Waals surface area contributed by atoms with Gasteiger partial charge in [-0.15, -0.1) is 0 Å². The Labute approximate surface area is 125 Å². The van der Waals surface area contributed by atoms with Gasteiger partial charge < -0.3 is 15.8 Å². The van der Waals surface area contributed by atoms with Crippen LogP contribution >= 0.6 is 11.6 Å². The second-order valence-electron chi connectivity index (χ2n) is 5.96. The molecule has 0 aliphatic carbocycles. The molecule has 1 aromatic carbocycles. The Morgan fingerprint density at radius 3 is 2.65 bits per heavy atom. The van der Waals surface area contributed by atoms with E-state index in [9.17, 15) is 4.79 Å². The van der Waals surface area contributed by atoms with Gasteiger partial charge in [0.1, 0.15) is 0 Å². The van der Waals surface area contributed by atoms with Gasteiger partial charge in [-0.25, -0.2) is 0 Å². The summed E-state index contributed by atoms with van der Waals surface area (Å²) < 4.78 is 5.45. The number of nitrogens with one attached hydrogen (secondary N) is 1. The summed E-state index contributed by atoms with van der Waals surface area (Å²) in [7, 11) is 0. The van der Waals surface area contributed by atoms with E-state index in [2.05, 4.69) is 26.1 Å². The molecule has 1 aromatic rings. The summed E-state index contributed by atoms with van der Waals surface area (Å²) in [6.07, 6.45) is 1.28. The fourth-order valence-corrected chi connectivity index (χ4v) is 1.73. The summed E-state index contributed by atoms with van der Waals surface area (Å²) in [4.78, 5) is 11.7. The van der Waals surface area contributed by atoms with Crippen molar-refractivity contribution in [2.45, 2.75) is 33.6 Å². The first-order valence-corrected chi connectivity index (χ1v) is 7.08. The third-order valence-corrected chi connectivity index (χ3v) is 3.05. The van der Waals surface area contributed by atoms with Gasteiger partial charge in [-0.3, -0.25) is 4.79 Å². The standard InChI is InChI=1S/C15H23ClN2O2/c1-15(2,3)7-9-20-8-6-14(19)18-13-5-4-11(17)10-12(13)16/h4-5,10H,6-9,17H2,1-3H3,(H,18,19). The minimum absolute atomic E-state index is 0.118. The number of carbonyl (C=O) groups is 1. The number of anilines is 2. The number of hydrogen-bond donors (Lipinski definition) is 2. The molecule has 0 spiro atoms. The van der Waals surface area contributed by atoms with Crippen LogP contribution in [0.15, 0.2) is 18.2 Å². The average Bonchev–Trinajstić information content (AvgIpc) is 2.31. The lowest BCUT2D eigenvalue weighted by Crippen LogP contribution is -2.16. The van der Waals surface area contributed by atoms with Crippen molar-refractivity contribution in [3.8, 4) is 0 Å². The smallest absolute Gasteiger partial charge is 0.226 e. The van der Waals surface area contributed by atoms with Crippen LogP contribution in [0, 0.1) is 5.41 Å². The second-order valence-corrected chi connectivity index (χ2v) is 6.37. The second kappa shape index (κ2) is 7.50. The third kappa shape index (κ3) is 6.78. The Bertz CT molecular complexity index is 456. The Kier molecular flexibility index (Phi) is 6.30. The highest BCUT2D eigenvalue weighted by Gasteiger charge is 2.10. The number of nitrogen functional groups attached to an aromatic ring is 1. The van der Waals surface area contributed by atoms with Gasteiger partial charge in [-0.05, 0) is 30.0 Å². The van der Waals surface area contributed by atoms with Crippen molar-refractivity contribution in [3.05, 3.63) is 23.2 Å². The van der Waals surface area contributed by atoms with Gasteiger partial charge in [-0.2, -0.15) is 0 Å². The van der Waals surface area contributed by atoms with Crippen LogP contribution in [0.1, 0.15) is 33.6 Å². The van der Waals surface area contributed by atoms with Gasteiger partial charge in [0.15, 0.2) is 0 Å². The summed E-state index contributed by atoms with van der Waals surface area (Å²) in [6.45, 7) is 7.55. The summed E-state index contributed by atoms with van der Waals surface area (Å²) in [5.74, 6) is -0.118. The van der Waals surface area contributed by atoms with Crippen LogP contribution in [0.5, 0.6) is 0 Å². The van der Waals surface area contributed by atoms with Gasteiger partial charge in [0.05, 0.1) is 23.7 Å². The van der Waals surface area contributed by atoms with E-state index >= 15 is 0 Å². The Morgan fingerprint density at radius 1 is 1.35 bits per heavy atom. The highest BCUT2D eigenvalue weighted by atomic mass is 35.5. The zero-order chi connectivity index (χ0) is 15.2. The van der Waals surface area contributed by atoms with E-state index < -0.39 is 0 Å². The molecule has 0 radical (unpaired) electrons. The largest absolute Gasteiger partial charge is 0.399 e. The molecule has 5 heteroatoms. The number of rotatable bonds is 6. The van der Waals surface area contributed by atoms with E-state index in [4.69, 9.17) is 22.1 Å². The zero-order valence-corrected chi connectivity index (χ0v) is 13.1. The number of amides is 1. The molecule has 0 bridgehead atoms. The topological polar surface area (TPSA) is 64.3 Å². The summed E-state index contributed by atoms with van der Waals surface area (Å²) >= 11 is 5.98. The quantitative estimate of drug-likeness (QED) is 0.621. The van der Waals surface area contributed by atoms with Gasteiger partial charge in [0, 0.05) is 12.3 Å². The first kappa shape index (κ1) is 16.8. The van der Waals surface area contributed by atoms with Crippen molar-refractivity contribution in [3.63, 3.8) is 0 Å². The van der Waals surface area contributed by atoms with Crippen molar-refractivity contribution in [2.75, 3.05) is 24.3 Å². The minimum Gasteiger partial charge on any atom is -0.399 e. The van der Waals surface area contributed by atoms with E-state index in [-0.39, 0.29) is 11.3 Å². The fraction of sp³-hybridized carbons (Fsp3) is 0.533. The lowest BCUT2D eigenvalue weighted by atomic mass is 9.93. The summed E-state index contributed by atoms with van der Waals surface area (Å²) in [6, 6.07) is 4.99. The number of ether oxygens (including phenoxy) is 1. The molecular formula is C15H23ClN2O2. The molecule has 20 heavy (non-hydrogen) atoms. The molecule has 0 aliphatic rings. The lowest BCUT2D eigenvalue weighted by Gasteiger charge is -2.17. The number of halogens is 1. The van der Waals surface area contributed by atoms with Crippen molar-refractivity contribution in [1.82, 2.24) is 0 Å². The molecule has 0 fully saturated rings. The monoisotopic (exact) mass is 298 g/mol. The molecule has 1 rings (SSSR count). The Hall–Kier alpha value is -1.26. The normalized spacial score (nSPS) is 11.4. The fourth-order valence-electron chi connectivity index (χ4n) is 1.49. The van der Waals surface area contributed by atoms with Crippen LogP contribution in [0.4, 0.5) is 11.4 Å². The zero-order valence-electron chi connectivity index (χ0n) is 12.3. The van der Waals surface area contributed by atoms with Crippen molar-refractivity contribution < 1.29 is 9.53 Å². The molecule has 0 aliphatic heterocycles. The van der Waals surface area contributed by atoms with Crippen molar-refractivity contribution in [1.29, 1.82) is 0 Å². The van der Waals surface area contributed by atoms with Crippen LogP contribution < -0.4 is 11.1 Å². The van der Waals surface area contributed by atoms with Gasteiger partial charge in [0.2, 0.25) is 5.91 Å². The maximum atomic E-state index is 11.7. The average molecular weight is 299 g/mol. The molecule has 0 heterocycles. The maximum Gasteiger partial charge on any atom is 0.226 e. The molecule has 0 saturated heterocycles. The van der Waals surface area contributed by atoms with E-state index in [1.807, 2.05) is 0 Å². The predicted molar refractivity (Wildman–Crippen MR) is 84.0 cm³/mol. The SMILES string of the molecule is CC(C)(C)CCOCCC(=O)Nc1ccc(N)cc1Cl. The Balaban J connectivity index is 2.27. The number of hydrogen-bond acceptors (Lipinski definition) is 3. The molecular weight excluding hydrogens is 276 g/mol. The first-order chi connectivity index (χ1) is 9.28. The van der Waals surface area contributed by atoms with E-state index in [1.54, 1.807) is 18.2 Å². The van der Waals surface area contributed by atoms with Crippen LogP contribution in [0.3, 0.4) is 0 Å². The Morgan fingerprint density at radius 2 is 2.05 bits per heavy atom. The highest BCUT2D eigenvalue weighted by molar-refractivity contribution is 6.34. The maximum absolute atomic E-state index is 11.7. The van der Waals surface area contributed by atoms with Crippen LogP contribution in [0.2, 0.25) is 5.02 Å². The van der Waals surface area contributed by atoms with Crippen molar-refractivity contribution in [2.24, 2.45) is 5.41 Å². The number of nitrogens with two attached hydrogens (primary N) is 1. The molecule has 0 aromatic heterocycles. The van der Waals surface area contributed by atoms with E-state index in [1.165, 1.54) is 0 Å². The van der Waals surface area contributed by atoms with Crippen LogP contribution in [0.25, 0.3) is 0 Å². The molecule has 1 amide bonds. The van der Waals surface area contributed by atoms with Gasteiger partial charge in [-0.1, -0.05) is 32.4 Å². The van der Waals surface area contributed by atoms with Gasteiger partial charge >= 0.3 is 0 Å². The van der Waals surface area contributed by atoms with Crippen molar-refractivity contribution >= 4 is 28.9 Å². The van der Waals surface area contributed by atoms with E-state index in [0.717, 1.165) is 6.42 Å². The molecule has 0 unspecified atom stereocenters. The minimum atomic E-state index is -0.118.